The summed E-state index contributed by atoms with van der Waals surface area (Å²) in [5.41, 5.74) is 2.84. The molecule has 0 spiro atoms. The van der Waals surface area contributed by atoms with Crippen LogP contribution in [0.25, 0.3) is 0 Å². The van der Waals surface area contributed by atoms with Crippen molar-refractivity contribution in [2.24, 2.45) is 17.8 Å². The topological polar surface area (TPSA) is 66.4 Å². The molecular formula is C18H21NO3. The minimum Gasteiger partial charge on any atom is -0.481 e. The van der Waals surface area contributed by atoms with Gasteiger partial charge in [-0.2, -0.15) is 0 Å². The number of rotatable bonds is 3. The first-order chi connectivity index (χ1) is 10.6. The van der Waals surface area contributed by atoms with E-state index in [0.29, 0.717) is 43.6 Å². The first kappa shape index (κ1) is 13.8. The van der Waals surface area contributed by atoms with Crippen LogP contribution in [0.15, 0.2) is 24.3 Å². The molecule has 0 aromatic heterocycles. The van der Waals surface area contributed by atoms with Crippen molar-refractivity contribution in [1.82, 2.24) is 5.32 Å². The van der Waals surface area contributed by atoms with Gasteiger partial charge in [-0.15, -0.1) is 0 Å². The fraction of sp³-hybridized carbons (Fsp3) is 0.556. The van der Waals surface area contributed by atoms with Gasteiger partial charge in [0.2, 0.25) is 5.91 Å². The number of carbonyl (C=O) groups excluding carboxylic acids is 1. The van der Waals surface area contributed by atoms with Crippen molar-refractivity contribution in [3.63, 3.8) is 0 Å². The molecule has 2 fully saturated rings. The van der Waals surface area contributed by atoms with Gasteiger partial charge in [0.15, 0.2) is 0 Å². The van der Waals surface area contributed by atoms with Crippen LogP contribution >= 0.6 is 0 Å². The number of aliphatic carboxylic acids is 1. The van der Waals surface area contributed by atoms with Crippen molar-refractivity contribution < 1.29 is 14.7 Å². The van der Waals surface area contributed by atoms with Crippen molar-refractivity contribution in [3.8, 4) is 0 Å². The molecule has 2 N–H and O–H groups in total. The Bertz CT molecular complexity index is 619. The van der Waals surface area contributed by atoms with E-state index in [-0.39, 0.29) is 17.7 Å². The predicted octanol–water partition coefficient (Wildman–Crippen LogP) is 2.33. The molecule has 22 heavy (non-hydrogen) atoms. The number of hydrogen-bond donors (Lipinski definition) is 2. The predicted molar refractivity (Wildman–Crippen MR) is 81.4 cm³/mol. The van der Waals surface area contributed by atoms with Gasteiger partial charge in [0.05, 0.1) is 5.92 Å². The van der Waals surface area contributed by atoms with Crippen molar-refractivity contribution in [2.75, 3.05) is 0 Å². The largest absolute Gasteiger partial charge is 0.481 e. The smallest absolute Gasteiger partial charge is 0.306 e. The normalized spacial score (nSPS) is 35.4. The molecule has 1 aromatic carbocycles. The number of carbonyl (C=O) groups is 2. The molecule has 0 heterocycles. The molecule has 0 bridgehead atoms. The third-order valence-corrected chi connectivity index (χ3v) is 5.79. The SMILES string of the molecule is O=C(O)C1CCC(C(=O)NC2C3Cc4ccccc4C32)CC1. The summed E-state index contributed by atoms with van der Waals surface area (Å²) in [6, 6.07) is 8.83. The van der Waals surface area contributed by atoms with Crippen LogP contribution < -0.4 is 5.32 Å². The van der Waals surface area contributed by atoms with E-state index >= 15 is 0 Å². The lowest BCUT2D eigenvalue weighted by Crippen LogP contribution is -2.37. The van der Waals surface area contributed by atoms with Gasteiger partial charge in [0, 0.05) is 17.9 Å². The quantitative estimate of drug-likeness (QED) is 0.900. The molecule has 3 unspecified atom stereocenters. The lowest BCUT2D eigenvalue weighted by atomic mass is 9.81. The molecule has 1 aromatic rings. The third-order valence-electron chi connectivity index (χ3n) is 5.79. The first-order valence-corrected chi connectivity index (χ1v) is 8.26. The summed E-state index contributed by atoms with van der Waals surface area (Å²) in [4.78, 5) is 23.4. The molecule has 0 saturated heterocycles. The van der Waals surface area contributed by atoms with Gasteiger partial charge in [0.1, 0.15) is 0 Å². The number of fused-ring (bicyclic) bond motifs is 3. The number of benzene rings is 1. The molecule has 4 rings (SSSR count). The van der Waals surface area contributed by atoms with Gasteiger partial charge in [0.25, 0.3) is 0 Å². The maximum absolute atomic E-state index is 12.4. The van der Waals surface area contributed by atoms with Crippen LogP contribution in [-0.4, -0.2) is 23.0 Å². The Hall–Kier alpha value is -1.84. The van der Waals surface area contributed by atoms with E-state index < -0.39 is 5.97 Å². The Kier molecular flexibility index (Phi) is 3.21. The van der Waals surface area contributed by atoms with E-state index in [4.69, 9.17) is 5.11 Å². The highest BCUT2D eigenvalue weighted by Crippen LogP contribution is 2.56. The van der Waals surface area contributed by atoms with Gasteiger partial charge < -0.3 is 10.4 Å². The Morgan fingerprint density at radius 3 is 2.45 bits per heavy atom. The monoisotopic (exact) mass is 299 g/mol. The molecule has 0 aliphatic heterocycles. The van der Waals surface area contributed by atoms with Gasteiger partial charge in [-0.05, 0) is 49.1 Å². The van der Waals surface area contributed by atoms with E-state index in [1.54, 1.807) is 0 Å². The molecule has 3 aliphatic rings. The zero-order valence-electron chi connectivity index (χ0n) is 12.5. The Balaban J connectivity index is 1.33. The third kappa shape index (κ3) is 2.21. The number of carboxylic acid groups (broad SMARTS) is 1. The van der Waals surface area contributed by atoms with Crippen molar-refractivity contribution in [3.05, 3.63) is 35.4 Å². The van der Waals surface area contributed by atoms with Gasteiger partial charge >= 0.3 is 5.97 Å². The van der Waals surface area contributed by atoms with E-state index in [0.717, 1.165) is 6.42 Å². The van der Waals surface area contributed by atoms with Crippen LogP contribution in [0.3, 0.4) is 0 Å². The molecule has 2 saturated carbocycles. The summed E-state index contributed by atoms with van der Waals surface area (Å²) in [5, 5.41) is 12.2. The van der Waals surface area contributed by atoms with Crippen LogP contribution in [0.5, 0.6) is 0 Å². The molecule has 4 nitrogen and oxygen atoms in total. The highest BCUT2D eigenvalue weighted by atomic mass is 16.4. The molecule has 0 radical (unpaired) electrons. The lowest BCUT2D eigenvalue weighted by Gasteiger charge is -2.25. The van der Waals surface area contributed by atoms with Gasteiger partial charge in [-0.3, -0.25) is 9.59 Å². The minimum absolute atomic E-state index is 0.00664. The summed E-state index contributed by atoms with van der Waals surface area (Å²) in [7, 11) is 0. The summed E-state index contributed by atoms with van der Waals surface area (Å²) in [6.45, 7) is 0. The van der Waals surface area contributed by atoms with E-state index in [1.165, 1.54) is 11.1 Å². The van der Waals surface area contributed by atoms with Crippen LogP contribution in [0.4, 0.5) is 0 Å². The molecule has 3 atom stereocenters. The number of hydrogen-bond acceptors (Lipinski definition) is 2. The first-order valence-electron chi connectivity index (χ1n) is 8.26. The second-order valence-electron chi connectivity index (χ2n) is 7.01. The fourth-order valence-electron chi connectivity index (χ4n) is 4.43. The van der Waals surface area contributed by atoms with Crippen LogP contribution in [0.1, 0.15) is 42.7 Å². The van der Waals surface area contributed by atoms with E-state index in [9.17, 15) is 9.59 Å². The Morgan fingerprint density at radius 1 is 1.05 bits per heavy atom. The van der Waals surface area contributed by atoms with Crippen molar-refractivity contribution in [1.29, 1.82) is 0 Å². The summed E-state index contributed by atoms with van der Waals surface area (Å²) in [6.07, 6.45) is 3.77. The maximum Gasteiger partial charge on any atom is 0.306 e. The number of nitrogens with one attached hydrogen (secondary N) is 1. The highest BCUT2D eigenvalue weighted by Gasteiger charge is 2.56. The fourth-order valence-corrected chi connectivity index (χ4v) is 4.43. The summed E-state index contributed by atoms with van der Waals surface area (Å²) < 4.78 is 0. The molecule has 3 aliphatic carbocycles. The molecular weight excluding hydrogens is 278 g/mol. The van der Waals surface area contributed by atoms with Crippen molar-refractivity contribution in [2.45, 2.75) is 44.1 Å². The Labute approximate surface area is 129 Å². The zero-order valence-corrected chi connectivity index (χ0v) is 12.5. The Morgan fingerprint density at radius 2 is 1.73 bits per heavy atom. The lowest BCUT2D eigenvalue weighted by molar-refractivity contribution is -0.144. The second-order valence-corrected chi connectivity index (χ2v) is 7.01. The number of carboxylic acids is 1. The maximum atomic E-state index is 12.4. The summed E-state index contributed by atoms with van der Waals surface area (Å²) >= 11 is 0. The van der Waals surface area contributed by atoms with Gasteiger partial charge in [-0.1, -0.05) is 24.3 Å². The summed E-state index contributed by atoms with van der Waals surface area (Å²) in [5.74, 6) is 0.267. The van der Waals surface area contributed by atoms with Crippen molar-refractivity contribution >= 4 is 11.9 Å². The zero-order chi connectivity index (χ0) is 15.3. The van der Waals surface area contributed by atoms with E-state index in [1.807, 2.05) is 0 Å². The van der Waals surface area contributed by atoms with Crippen LogP contribution in [0, 0.1) is 17.8 Å². The molecule has 4 heteroatoms. The second kappa shape index (κ2) is 5.11. The standard InChI is InChI=1S/C18H21NO3/c20-17(10-5-7-11(8-6-10)18(21)22)19-16-14-9-12-3-1-2-4-13(12)15(14)16/h1-4,10-11,14-16H,5-9H2,(H,19,20)(H,21,22). The molecule has 1 amide bonds. The highest BCUT2D eigenvalue weighted by molar-refractivity contribution is 5.80. The van der Waals surface area contributed by atoms with E-state index in [2.05, 4.69) is 29.6 Å². The minimum atomic E-state index is -0.716. The number of amides is 1. The average Bonchev–Trinajstić information content (AvgIpc) is 3.04. The van der Waals surface area contributed by atoms with Crippen LogP contribution in [0.2, 0.25) is 0 Å². The molecule has 116 valence electrons. The average molecular weight is 299 g/mol. The van der Waals surface area contributed by atoms with Gasteiger partial charge in [-0.25, -0.2) is 0 Å². The van der Waals surface area contributed by atoms with Crippen LogP contribution in [-0.2, 0) is 16.0 Å².